The third kappa shape index (κ3) is 4.77. The zero-order chi connectivity index (χ0) is 18.7. The van der Waals surface area contributed by atoms with Crippen molar-refractivity contribution in [2.24, 2.45) is 0 Å². The van der Waals surface area contributed by atoms with E-state index in [1.165, 1.54) is 25.1 Å². The fourth-order valence-corrected chi connectivity index (χ4v) is 3.36. The molecule has 0 bridgehead atoms. The van der Waals surface area contributed by atoms with Crippen LogP contribution in [-0.2, 0) is 4.79 Å². The van der Waals surface area contributed by atoms with E-state index in [0.717, 1.165) is 5.56 Å². The van der Waals surface area contributed by atoms with Crippen molar-refractivity contribution in [3.8, 4) is 0 Å². The molecule has 1 saturated heterocycles. The van der Waals surface area contributed by atoms with Gasteiger partial charge in [0.2, 0.25) is 5.91 Å². The maximum atomic E-state index is 14.3. The molecule has 1 atom stereocenters. The molecule has 1 heterocycles. The highest BCUT2D eigenvalue weighted by Gasteiger charge is 2.31. The summed E-state index contributed by atoms with van der Waals surface area (Å²) in [5, 5.41) is 6.38. The van der Waals surface area contributed by atoms with Crippen molar-refractivity contribution in [3.63, 3.8) is 0 Å². The van der Waals surface area contributed by atoms with Gasteiger partial charge in [-0.15, -0.1) is 12.4 Å². The zero-order valence-corrected chi connectivity index (χ0v) is 16.2. The van der Waals surface area contributed by atoms with E-state index in [0.29, 0.717) is 30.3 Å². The van der Waals surface area contributed by atoms with Gasteiger partial charge in [-0.25, -0.2) is 4.39 Å². The number of amides is 2. The minimum atomic E-state index is -0.624. The van der Waals surface area contributed by atoms with Gasteiger partial charge in [0.15, 0.2) is 0 Å². The molecule has 2 amide bonds. The molecule has 1 aliphatic rings. The first kappa shape index (κ1) is 21.2. The predicted molar refractivity (Wildman–Crippen MR) is 106 cm³/mol. The van der Waals surface area contributed by atoms with E-state index in [4.69, 9.17) is 11.6 Å². The van der Waals surface area contributed by atoms with Crippen LogP contribution in [-0.4, -0.2) is 36.3 Å². The van der Waals surface area contributed by atoms with Crippen LogP contribution in [0.15, 0.2) is 42.5 Å². The van der Waals surface area contributed by atoms with E-state index in [1.807, 2.05) is 18.2 Å². The van der Waals surface area contributed by atoms with Gasteiger partial charge in [-0.05, 0) is 29.8 Å². The second kappa shape index (κ2) is 9.17. The summed E-state index contributed by atoms with van der Waals surface area (Å²) >= 11 is 6.30. The average Bonchev–Trinajstić information content (AvgIpc) is 2.63. The summed E-state index contributed by atoms with van der Waals surface area (Å²) in [6, 6.07) is 11.0. The van der Waals surface area contributed by atoms with Crippen LogP contribution in [0, 0.1) is 5.82 Å². The molecule has 0 saturated carbocycles. The lowest BCUT2D eigenvalue weighted by Gasteiger charge is -2.37. The molecule has 0 aromatic heterocycles. The number of nitrogens with one attached hydrogen (secondary N) is 2. The Morgan fingerprint density at radius 1 is 1.26 bits per heavy atom. The molecule has 0 aliphatic carbocycles. The smallest absolute Gasteiger partial charge is 0.257 e. The number of piperazine rings is 1. The van der Waals surface area contributed by atoms with Crippen LogP contribution >= 0.6 is 24.0 Å². The second-order valence-corrected chi connectivity index (χ2v) is 6.52. The molecular weight excluding hydrogens is 392 g/mol. The summed E-state index contributed by atoms with van der Waals surface area (Å²) < 4.78 is 14.3. The zero-order valence-electron chi connectivity index (χ0n) is 14.7. The van der Waals surface area contributed by atoms with Gasteiger partial charge in [0.1, 0.15) is 5.82 Å². The highest BCUT2D eigenvalue weighted by molar-refractivity contribution is 6.31. The fourth-order valence-electron chi connectivity index (χ4n) is 3.10. The molecule has 5 nitrogen and oxygen atoms in total. The Morgan fingerprint density at radius 2 is 2.00 bits per heavy atom. The maximum Gasteiger partial charge on any atom is 0.257 e. The third-order valence-corrected chi connectivity index (χ3v) is 4.63. The molecule has 3 rings (SSSR count). The van der Waals surface area contributed by atoms with Gasteiger partial charge >= 0.3 is 0 Å². The second-order valence-electron chi connectivity index (χ2n) is 6.12. The molecule has 1 aliphatic heterocycles. The standard InChI is InChI=1S/C19H19ClFN3O2.ClH/c1-12(25)23-13-6-7-17(21)15(10-13)19(26)24-9-8-22-11-18(24)14-4-2-3-5-16(14)20;/h2-7,10,18,22H,8-9,11H2,1H3,(H,23,25);1H. The summed E-state index contributed by atoms with van der Waals surface area (Å²) in [5.41, 5.74) is 1.12. The van der Waals surface area contributed by atoms with Crippen molar-refractivity contribution in [3.05, 3.63) is 64.4 Å². The van der Waals surface area contributed by atoms with Gasteiger partial charge in [-0.3, -0.25) is 9.59 Å². The first-order chi connectivity index (χ1) is 12.5. The normalized spacial score (nSPS) is 16.4. The Bertz CT molecular complexity index is 847. The van der Waals surface area contributed by atoms with Crippen LogP contribution in [0.1, 0.15) is 28.9 Å². The number of benzene rings is 2. The number of carbonyl (C=O) groups is 2. The lowest BCUT2D eigenvalue weighted by Crippen LogP contribution is -2.49. The molecular formula is C19H20Cl2FN3O2. The molecule has 0 radical (unpaired) electrons. The minimum absolute atomic E-state index is 0. The average molecular weight is 412 g/mol. The van der Waals surface area contributed by atoms with Gasteiger partial charge in [-0.1, -0.05) is 29.8 Å². The monoisotopic (exact) mass is 411 g/mol. The molecule has 8 heteroatoms. The van der Waals surface area contributed by atoms with Crippen molar-refractivity contribution < 1.29 is 14.0 Å². The minimum Gasteiger partial charge on any atom is -0.329 e. The van der Waals surface area contributed by atoms with E-state index >= 15 is 0 Å². The summed E-state index contributed by atoms with van der Waals surface area (Å²) in [6.45, 7) is 2.93. The largest absolute Gasteiger partial charge is 0.329 e. The lowest BCUT2D eigenvalue weighted by atomic mass is 10.0. The summed E-state index contributed by atoms with van der Waals surface area (Å²) in [5.74, 6) is -1.34. The van der Waals surface area contributed by atoms with Gasteiger partial charge in [-0.2, -0.15) is 0 Å². The van der Waals surface area contributed by atoms with Crippen LogP contribution in [0.4, 0.5) is 10.1 Å². The van der Waals surface area contributed by atoms with Crippen molar-refractivity contribution in [1.82, 2.24) is 10.2 Å². The molecule has 2 aromatic rings. The molecule has 2 aromatic carbocycles. The first-order valence-electron chi connectivity index (χ1n) is 8.30. The SMILES string of the molecule is CC(=O)Nc1ccc(F)c(C(=O)N2CCNCC2c2ccccc2Cl)c1.Cl. The Hall–Kier alpha value is -2.15. The number of nitrogens with zero attached hydrogens (tertiary/aromatic N) is 1. The van der Waals surface area contributed by atoms with Gasteiger partial charge < -0.3 is 15.5 Å². The maximum absolute atomic E-state index is 14.3. The number of anilines is 1. The van der Waals surface area contributed by atoms with Gasteiger partial charge in [0.25, 0.3) is 5.91 Å². The number of rotatable bonds is 3. The van der Waals surface area contributed by atoms with E-state index in [1.54, 1.807) is 11.0 Å². The summed E-state index contributed by atoms with van der Waals surface area (Å²) in [7, 11) is 0. The molecule has 1 unspecified atom stereocenters. The Labute approximate surface area is 168 Å². The third-order valence-electron chi connectivity index (χ3n) is 4.29. The molecule has 144 valence electrons. The molecule has 2 N–H and O–H groups in total. The van der Waals surface area contributed by atoms with E-state index < -0.39 is 11.7 Å². The fraction of sp³-hybridized carbons (Fsp3) is 0.263. The van der Waals surface area contributed by atoms with Crippen molar-refractivity contribution in [1.29, 1.82) is 0 Å². The first-order valence-corrected chi connectivity index (χ1v) is 8.68. The van der Waals surface area contributed by atoms with Crippen LogP contribution in [0.25, 0.3) is 0 Å². The lowest BCUT2D eigenvalue weighted by molar-refractivity contribution is -0.114. The molecule has 27 heavy (non-hydrogen) atoms. The predicted octanol–water partition coefficient (Wildman–Crippen LogP) is 3.65. The Kier molecular flexibility index (Phi) is 7.18. The van der Waals surface area contributed by atoms with Crippen molar-refractivity contribution >= 4 is 41.5 Å². The topological polar surface area (TPSA) is 61.4 Å². The van der Waals surface area contributed by atoms with E-state index in [9.17, 15) is 14.0 Å². The van der Waals surface area contributed by atoms with Crippen molar-refractivity contribution in [2.75, 3.05) is 25.0 Å². The highest BCUT2D eigenvalue weighted by Crippen LogP contribution is 2.30. The number of hydrogen-bond donors (Lipinski definition) is 2. The van der Waals surface area contributed by atoms with Crippen LogP contribution in [0.3, 0.4) is 0 Å². The van der Waals surface area contributed by atoms with Crippen LogP contribution < -0.4 is 10.6 Å². The summed E-state index contributed by atoms with van der Waals surface area (Å²) in [4.78, 5) is 25.9. The van der Waals surface area contributed by atoms with E-state index in [-0.39, 0.29) is 29.9 Å². The quantitative estimate of drug-likeness (QED) is 0.809. The number of carbonyl (C=O) groups excluding carboxylic acids is 2. The van der Waals surface area contributed by atoms with Gasteiger partial charge in [0, 0.05) is 37.3 Å². The van der Waals surface area contributed by atoms with Crippen molar-refractivity contribution in [2.45, 2.75) is 13.0 Å². The number of halogens is 3. The Morgan fingerprint density at radius 3 is 2.70 bits per heavy atom. The Balaban J connectivity index is 0.00000261. The molecule has 0 spiro atoms. The summed E-state index contributed by atoms with van der Waals surface area (Å²) in [6.07, 6.45) is 0. The van der Waals surface area contributed by atoms with Crippen LogP contribution in [0.5, 0.6) is 0 Å². The van der Waals surface area contributed by atoms with E-state index in [2.05, 4.69) is 10.6 Å². The van der Waals surface area contributed by atoms with Crippen LogP contribution in [0.2, 0.25) is 5.02 Å². The number of hydrogen-bond acceptors (Lipinski definition) is 3. The molecule has 1 fully saturated rings. The highest BCUT2D eigenvalue weighted by atomic mass is 35.5. The van der Waals surface area contributed by atoms with Gasteiger partial charge in [0.05, 0.1) is 11.6 Å².